The number of carboxylic acids is 1. The molecule has 4 fully saturated rings. The summed E-state index contributed by atoms with van der Waals surface area (Å²) in [7, 11) is 1.85. The molecule has 3 atom stereocenters. The van der Waals surface area contributed by atoms with Crippen LogP contribution in [0.15, 0.2) is 47.6 Å². The molecular formula is C33H33F2N5O6. The lowest BCUT2D eigenvalue weighted by molar-refractivity contribution is -0.185. The van der Waals surface area contributed by atoms with E-state index < -0.39 is 46.4 Å². The van der Waals surface area contributed by atoms with Gasteiger partial charge in [0.2, 0.25) is 11.6 Å². The summed E-state index contributed by atoms with van der Waals surface area (Å²) in [6.07, 6.45) is 6.34. The van der Waals surface area contributed by atoms with Gasteiger partial charge >= 0.3 is 5.97 Å². The highest BCUT2D eigenvalue weighted by atomic mass is 19.1. The third-order valence-electron chi connectivity index (χ3n) is 9.68. The zero-order valence-corrected chi connectivity index (χ0v) is 25.0. The van der Waals surface area contributed by atoms with Crippen LogP contribution in [0.3, 0.4) is 0 Å². The van der Waals surface area contributed by atoms with E-state index in [2.05, 4.69) is 9.98 Å². The SMILES string of the molecule is CN1CC=NC1c1cc(OC23CC4CC(C2)CC(C(=O)O)(C4)C3)ccc1Oc1c(F)cnc(Oc2cc(C(=N)N)ccc2O)c1F. The first-order valence-corrected chi connectivity index (χ1v) is 15.1. The number of carboxylic acid groups (broad SMARTS) is 1. The minimum atomic E-state index is -1.25. The Kier molecular flexibility index (Phi) is 7.11. The van der Waals surface area contributed by atoms with Crippen molar-refractivity contribution < 1.29 is 38.0 Å². The predicted molar refractivity (Wildman–Crippen MR) is 162 cm³/mol. The van der Waals surface area contributed by atoms with Gasteiger partial charge in [0.05, 0.1) is 11.6 Å². The number of halogens is 2. The summed E-state index contributed by atoms with van der Waals surface area (Å²) in [6, 6.07) is 8.80. The molecule has 0 radical (unpaired) electrons. The molecule has 11 nitrogen and oxygen atoms in total. The number of nitrogens with zero attached hydrogens (tertiary/aromatic N) is 3. The van der Waals surface area contributed by atoms with Crippen LogP contribution in [0.5, 0.6) is 34.6 Å². The minimum Gasteiger partial charge on any atom is -0.504 e. The highest BCUT2D eigenvalue weighted by molar-refractivity contribution is 5.95. The standard InChI is InChI=1S/C33H33F2N5O6/c1-40-7-6-38-29(40)21-10-20(46-33-13-17-8-18(14-33)12-32(11-17,16-33)31(42)43)3-5-24(21)44-27-22(34)15-39-30(26(27)35)45-25-9-19(28(36)37)2-4-23(25)41/h2-6,9-10,15,17-18,29,41H,7-8,11-14,16H2,1H3,(H3,36,37)(H,42,43). The maximum Gasteiger partial charge on any atom is 0.309 e. The summed E-state index contributed by atoms with van der Waals surface area (Å²) in [5.41, 5.74) is 4.85. The fourth-order valence-electron chi connectivity index (χ4n) is 8.06. The maximum absolute atomic E-state index is 15.7. The van der Waals surface area contributed by atoms with Crippen LogP contribution in [0.4, 0.5) is 8.78 Å². The number of ether oxygens (including phenoxy) is 3. The molecule has 0 spiro atoms. The second-order valence-electron chi connectivity index (χ2n) is 13.0. The summed E-state index contributed by atoms with van der Waals surface area (Å²) >= 11 is 0. The quantitative estimate of drug-likeness (QED) is 0.170. The fraction of sp³-hybridized carbons (Fsp3) is 0.394. The van der Waals surface area contributed by atoms with Gasteiger partial charge in [-0.2, -0.15) is 4.39 Å². The number of hydrogen-bond acceptors (Lipinski definition) is 9. The number of phenolic OH excluding ortho intramolecular Hbond substituents is 1. The van der Waals surface area contributed by atoms with Crippen LogP contribution in [-0.2, 0) is 4.79 Å². The van der Waals surface area contributed by atoms with Crippen LogP contribution in [0, 0.1) is 34.3 Å². The fourth-order valence-corrected chi connectivity index (χ4v) is 8.06. The van der Waals surface area contributed by atoms with Gasteiger partial charge < -0.3 is 30.2 Å². The van der Waals surface area contributed by atoms with Crippen molar-refractivity contribution in [3.05, 3.63) is 65.4 Å². The van der Waals surface area contributed by atoms with Gasteiger partial charge in [-0.3, -0.25) is 20.1 Å². The van der Waals surface area contributed by atoms with Crippen molar-refractivity contribution in [1.29, 1.82) is 5.41 Å². The van der Waals surface area contributed by atoms with Gasteiger partial charge in [0.15, 0.2) is 17.3 Å². The first kappa shape index (κ1) is 29.9. The molecule has 13 heteroatoms. The van der Waals surface area contributed by atoms with E-state index in [1.165, 1.54) is 18.2 Å². The lowest BCUT2D eigenvalue weighted by Gasteiger charge is -2.59. The van der Waals surface area contributed by atoms with E-state index in [-0.39, 0.29) is 28.6 Å². The van der Waals surface area contributed by atoms with Gasteiger partial charge in [-0.25, -0.2) is 9.37 Å². The molecule has 5 aliphatic rings. The van der Waals surface area contributed by atoms with Gasteiger partial charge in [0.25, 0.3) is 5.88 Å². The van der Waals surface area contributed by atoms with Gasteiger partial charge in [-0.15, -0.1) is 0 Å². The van der Waals surface area contributed by atoms with Crippen LogP contribution in [-0.4, -0.2) is 57.3 Å². The van der Waals surface area contributed by atoms with Crippen LogP contribution < -0.4 is 19.9 Å². The average molecular weight is 634 g/mol. The Morgan fingerprint density at radius 2 is 1.85 bits per heavy atom. The topological polar surface area (TPSA) is 164 Å². The molecular weight excluding hydrogens is 600 g/mol. The monoisotopic (exact) mass is 633 g/mol. The van der Waals surface area contributed by atoms with Crippen molar-refractivity contribution in [3.63, 3.8) is 0 Å². The number of amidine groups is 1. The van der Waals surface area contributed by atoms with Crippen LogP contribution in [0.25, 0.3) is 0 Å². The number of phenols is 1. The Hall–Kier alpha value is -4.78. The third-order valence-corrected chi connectivity index (χ3v) is 9.68. The Morgan fingerprint density at radius 1 is 1.09 bits per heavy atom. The lowest BCUT2D eigenvalue weighted by atomic mass is 9.48. The molecule has 3 unspecified atom stereocenters. The summed E-state index contributed by atoms with van der Waals surface area (Å²) in [5.74, 6) is -4.25. The molecule has 240 valence electrons. The van der Waals surface area contributed by atoms with E-state index >= 15 is 8.78 Å². The molecule has 8 rings (SSSR count). The molecule has 0 saturated heterocycles. The number of benzene rings is 2. The Labute approximate surface area is 263 Å². The number of aliphatic carboxylic acids is 1. The lowest BCUT2D eigenvalue weighted by Crippen LogP contribution is -2.60. The molecule has 1 aromatic heterocycles. The van der Waals surface area contributed by atoms with Gasteiger partial charge in [-0.05, 0) is 87.4 Å². The van der Waals surface area contributed by atoms with Crippen LogP contribution in [0.1, 0.15) is 55.8 Å². The Bertz CT molecular complexity index is 1770. The van der Waals surface area contributed by atoms with E-state index in [1.54, 1.807) is 24.4 Å². The van der Waals surface area contributed by atoms with Crippen molar-refractivity contribution in [3.8, 4) is 34.6 Å². The molecule has 2 aromatic carbocycles. The van der Waals surface area contributed by atoms with E-state index in [1.807, 2.05) is 11.9 Å². The number of pyridine rings is 1. The van der Waals surface area contributed by atoms with Crippen LogP contribution >= 0.6 is 0 Å². The maximum atomic E-state index is 15.7. The Morgan fingerprint density at radius 3 is 2.52 bits per heavy atom. The van der Waals surface area contributed by atoms with Crippen molar-refractivity contribution in [2.45, 2.75) is 50.3 Å². The number of carbonyl (C=O) groups is 1. The average Bonchev–Trinajstić information content (AvgIpc) is 3.42. The van der Waals surface area contributed by atoms with E-state index in [4.69, 9.17) is 25.4 Å². The number of nitrogen functional groups attached to an aromatic ring is 1. The summed E-state index contributed by atoms with van der Waals surface area (Å²) < 4.78 is 48.8. The number of aliphatic imine (C=N–C) groups is 1. The largest absolute Gasteiger partial charge is 0.504 e. The normalized spacial score (nSPS) is 27.9. The Balaban J connectivity index is 1.21. The molecule has 1 aliphatic heterocycles. The first-order chi connectivity index (χ1) is 21.9. The first-order valence-electron chi connectivity index (χ1n) is 15.1. The summed E-state index contributed by atoms with van der Waals surface area (Å²) in [5, 5.41) is 28.0. The molecule has 4 saturated carbocycles. The number of rotatable bonds is 9. The molecule has 4 bridgehead atoms. The van der Waals surface area contributed by atoms with E-state index in [0.717, 1.165) is 25.5 Å². The number of aromatic nitrogens is 1. The number of aromatic hydroxyl groups is 1. The second-order valence-corrected chi connectivity index (χ2v) is 13.0. The van der Waals surface area contributed by atoms with Crippen molar-refractivity contribution in [1.82, 2.24) is 9.88 Å². The summed E-state index contributed by atoms with van der Waals surface area (Å²) in [4.78, 5) is 22.5. The van der Waals surface area contributed by atoms with Gasteiger partial charge in [0.1, 0.15) is 29.1 Å². The van der Waals surface area contributed by atoms with Crippen molar-refractivity contribution in [2.24, 2.45) is 28.0 Å². The molecule has 3 aromatic rings. The highest BCUT2D eigenvalue weighted by Crippen LogP contribution is 2.63. The van der Waals surface area contributed by atoms with Gasteiger partial charge in [0, 0.05) is 30.3 Å². The van der Waals surface area contributed by atoms with Crippen molar-refractivity contribution >= 4 is 18.0 Å². The zero-order valence-electron chi connectivity index (χ0n) is 25.0. The summed E-state index contributed by atoms with van der Waals surface area (Å²) in [6.45, 7) is 0.544. The second kappa shape index (κ2) is 10.9. The smallest absolute Gasteiger partial charge is 0.309 e. The van der Waals surface area contributed by atoms with E-state index in [0.29, 0.717) is 49.0 Å². The van der Waals surface area contributed by atoms with Crippen LogP contribution in [0.2, 0.25) is 0 Å². The highest BCUT2D eigenvalue weighted by Gasteiger charge is 2.62. The minimum absolute atomic E-state index is 0.118. The number of hydrogen-bond donors (Lipinski definition) is 4. The predicted octanol–water partition coefficient (Wildman–Crippen LogP) is 5.75. The van der Waals surface area contributed by atoms with E-state index in [9.17, 15) is 15.0 Å². The van der Waals surface area contributed by atoms with Crippen molar-refractivity contribution in [2.75, 3.05) is 13.6 Å². The molecule has 0 amide bonds. The third kappa shape index (κ3) is 5.17. The van der Waals surface area contributed by atoms with Gasteiger partial charge in [-0.1, -0.05) is 0 Å². The molecule has 5 N–H and O–H groups in total. The zero-order chi connectivity index (χ0) is 32.4. The number of nitrogens with one attached hydrogen (secondary N) is 1. The molecule has 4 aliphatic carbocycles. The number of nitrogens with two attached hydrogens (primary N) is 1. The molecule has 46 heavy (non-hydrogen) atoms. The molecule has 2 heterocycles.